The van der Waals surface area contributed by atoms with E-state index in [1.807, 2.05) is 42.5 Å². The van der Waals surface area contributed by atoms with Crippen LogP contribution < -0.4 is 5.32 Å². The number of anilines is 2. The Morgan fingerprint density at radius 1 is 1.00 bits per heavy atom. The van der Waals surface area contributed by atoms with Gasteiger partial charge in [-0.3, -0.25) is 10.1 Å². The number of hydrogen-bond donors (Lipinski definition) is 1. The molecule has 3 rings (SSSR count). The molecule has 1 aliphatic rings. The Kier molecular flexibility index (Phi) is 3.37. The van der Waals surface area contributed by atoms with Crippen molar-refractivity contribution in [2.45, 2.75) is 25.7 Å². The fourth-order valence-corrected chi connectivity index (χ4v) is 2.79. The van der Waals surface area contributed by atoms with Crippen LogP contribution in [0.5, 0.6) is 0 Å². The molecule has 2 aromatic carbocycles. The number of hydrogen-bond acceptors (Lipinski definition) is 3. The van der Waals surface area contributed by atoms with Crippen LogP contribution in [-0.4, -0.2) is 4.92 Å². The molecule has 0 spiro atoms. The number of aryl methyl sites for hydroxylation is 1. The molecule has 0 saturated carbocycles. The van der Waals surface area contributed by atoms with Crippen LogP contribution in [0.3, 0.4) is 0 Å². The zero-order valence-electron chi connectivity index (χ0n) is 11.1. The SMILES string of the molecule is O=[N+]([O-])c1c(Nc2ccccc2)ccc2c1CCCC2. The van der Waals surface area contributed by atoms with Gasteiger partial charge in [-0.05, 0) is 49.4 Å². The van der Waals surface area contributed by atoms with Gasteiger partial charge in [0.05, 0.1) is 4.92 Å². The van der Waals surface area contributed by atoms with Crippen molar-refractivity contribution in [3.8, 4) is 0 Å². The summed E-state index contributed by atoms with van der Waals surface area (Å²) in [5, 5.41) is 14.6. The van der Waals surface area contributed by atoms with E-state index in [1.165, 1.54) is 0 Å². The standard InChI is InChI=1S/C16H16N2O2/c19-18(20)16-14-9-5-4-6-12(14)10-11-15(16)17-13-7-2-1-3-8-13/h1-3,7-8,10-11,17H,4-6,9H2. The van der Waals surface area contributed by atoms with Gasteiger partial charge in [-0.1, -0.05) is 24.3 Å². The minimum Gasteiger partial charge on any atom is -0.350 e. The lowest BCUT2D eigenvalue weighted by Gasteiger charge is -2.18. The van der Waals surface area contributed by atoms with Gasteiger partial charge in [0.1, 0.15) is 5.69 Å². The van der Waals surface area contributed by atoms with Crippen LogP contribution in [0.2, 0.25) is 0 Å². The van der Waals surface area contributed by atoms with Crippen LogP contribution in [0.4, 0.5) is 17.1 Å². The first-order chi connectivity index (χ1) is 9.75. The van der Waals surface area contributed by atoms with E-state index in [0.717, 1.165) is 42.5 Å². The third-order valence-electron chi connectivity index (χ3n) is 3.74. The highest BCUT2D eigenvalue weighted by Gasteiger charge is 2.24. The summed E-state index contributed by atoms with van der Waals surface area (Å²) in [5.41, 5.74) is 3.73. The minimum absolute atomic E-state index is 0.242. The number of fused-ring (bicyclic) bond motifs is 1. The van der Waals surface area contributed by atoms with Gasteiger partial charge in [-0.2, -0.15) is 0 Å². The van der Waals surface area contributed by atoms with Gasteiger partial charge in [0, 0.05) is 11.3 Å². The van der Waals surface area contributed by atoms with Crippen LogP contribution in [0, 0.1) is 10.1 Å². The van der Waals surface area contributed by atoms with E-state index in [1.54, 1.807) is 0 Å². The average Bonchev–Trinajstić information content (AvgIpc) is 2.47. The zero-order chi connectivity index (χ0) is 13.9. The molecule has 0 atom stereocenters. The Labute approximate surface area is 117 Å². The summed E-state index contributed by atoms with van der Waals surface area (Å²) in [6, 6.07) is 13.4. The molecule has 0 amide bonds. The number of nitrogens with one attached hydrogen (secondary N) is 1. The van der Waals surface area contributed by atoms with Crippen molar-refractivity contribution in [1.82, 2.24) is 0 Å². The molecule has 0 unspecified atom stereocenters. The Morgan fingerprint density at radius 2 is 1.75 bits per heavy atom. The molecule has 0 aliphatic heterocycles. The van der Waals surface area contributed by atoms with Crippen molar-refractivity contribution in [2.24, 2.45) is 0 Å². The molecule has 0 aromatic heterocycles. The lowest BCUT2D eigenvalue weighted by Crippen LogP contribution is -2.08. The number of nitro groups is 1. The summed E-state index contributed by atoms with van der Waals surface area (Å²) in [7, 11) is 0. The molecule has 20 heavy (non-hydrogen) atoms. The predicted molar refractivity (Wildman–Crippen MR) is 79.5 cm³/mol. The first-order valence-electron chi connectivity index (χ1n) is 6.87. The molecule has 2 aromatic rings. The molecule has 4 nitrogen and oxygen atoms in total. The van der Waals surface area contributed by atoms with Crippen molar-refractivity contribution in [2.75, 3.05) is 5.32 Å². The van der Waals surface area contributed by atoms with Gasteiger partial charge in [0.15, 0.2) is 0 Å². The number of nitro benzene ring substituents is 1. The maximum Gasteiger partial charge on any atom is 0.296 e. The number of nitrogens with zero attached hydrogens (tertiary/aromatic N) is 1. The summed E-state index contributed by atoms with van der Waals surface area (Å²) in [4.78, 5) is 11.2. The third-order valence-corrected chi connectivity index (χ3v) is 3.74. The number of rotatable bonds is 3. The summed E-state index contributed by atoms with van der Waals surface area (Å²) < 4.78 is 0. The molecule has 0 radical (unpaired) electrons. The predicted octanol–water partition coefficient (Wildman–Crippen LogP) is 4.22. The van der Waals surface area contributed by atoms with E-state index in [4.69, 9.17) is 0 Å². The summed E-state index contributed by atoms with van der Waals surface area (Å²) in [5.74, 6) is 0. The monoisotopic (exact) mass is 268 g/mol. The lowest BCUT2D eigenvalue weighted by atomic mass is 9.90. The van der Waals surface area contributed by atoms with Crippen molar-refractivity contribution >= 4 is 17.1 Å². The molecule has 0 bridgehead atoms. The molecule has 4 heteroatoms. The molecule has 1 N–H and O–H groups in total. The van der Waals surface area contributed by atoms with Gasteiger partial charge < -0.3 is 5.32 Å². The second-order valence-corrected chi connectivity index (χ2v) is 5.05. The fourth-order valence-electron chi connectivity index (χ4n) is 2.79. The fraction of sp³-hybridized carbons (Fsp3) is 0.250. The van der Waals surface area contributed by atoms with E-state index in [-0.39, 0.29) is 10.6 Å². The van der Waals surface area contributed by atoms with Crippen LogP contribution in [0.1, 0.15) is 24.0 Å². The normalized spacial score (nSPS) is 13.6. The van der Waals surface area contributed by atoms with Gasteiger partial charge in [-0.25, -0.2) is 0 Å². The van der Waals surface area contributed by atoms with Crippen molar-refractivity contribution in [1.29, 1.82) is 0 Å². The molecule has 102 valence electrons. The van der Waals surface area contributed by atoms with Crippen molar-refractivity contribution in [3.63, 3.8) is 0 Å². The second kappa shape index (κ2) is 5.33. The largest absolute Gasteiger partial charge is 0.350 e. The molecule has 1 aliphatic carbocycles. The Morgan fingerprint density at radius 3 is 2.50 bits per heavy atom. The first kappa shape index (κ1) is 12.7. The minimum atomic E-state index is -0.255. The highest BCUT2D eigenvalue weighted by molar-refractivity contribution is 5.73. The molecule has 0 heterocycles. The molecular formula is C16H16N2O2. The van der Waals surface area contributed by atoms with Crippen LogP contribution in [0.25, 0.3) is 0 Å². The maximum atomic E-state index is 11.4. The van der Waals surface area contributed by atoms with Crippen molar-refractivity contribution < 1.29 is 4.92 Å². The Bertz CT molecular complexity index is 638. The first-order valence-corrected chi connectivity index (χ1v) is 6.87. The van der Waals surface area contributed by atoms with Crippen LogP contribution >= 0.6 is 0 Å². The molecular weight excluding hydrogens is 252 g/mol. The summed E-state index contributed by atoms with van der Waals surface area (Å²) >= 11 is 0. The van der Waals surface area contributed by atoms with Gasteiger partial charge in [0.25, 0.3) is 5.69 Å². The summed E-state index contributed by atoms with van der Waals surface area (Å²) in [6.45, 7) is 0. The topological polar surface area (TPSA) is 55.2 Å². The molecule has 0 saturated heterocycles. The van der Waals surface area contributed by atoms with E-state index < -0.39 is 0 Å². The number of benzene rings is 2. The Hall–Kier alpha value is -2.36. The van der Waals surface area contributed by atoms with E-state index in [9.17, 15) is 10.1 Å². The summed E-state index contributed by atoms with van der Waals surface area (Å²) in [6.07, 6.45) is 3.90. The zero-order valence-corrected chi connectivity index (χ0v) is 11.1. The van der Waals surface area contributed by atoms with Crippen molar-refractivity contribution in [3.05, 3.63) is 63.7 Å². The van der Waals surface area contributed by atoms with E-state index in [0.29, 0.717) is 5.69 Å². The second-order valence-electron chi connectivity index (χ2n) is 5.05. The van der Waals surface area contributed by atoms with Gasteiger partial charge in [-0.15, -0.1) is 0 Å². The van der Waals surface area contributed by atoms with Crippen LogP contribution in [-0.2, 0) is 12.8 Å². The quantitative estimate of drug-likeness (QED) is 0.670. The van der Waals surface area contributed by atoms with E-state index >= 15 is 0 Å². The van der Waals surface area contributed by atoms with Gasteiger partial charge in [0.2, 0.25) is 0 Å². The van der Waals surface area contributed by atoms with Crippen LogP contribution in [0.15, 0.2) is 42.5 Å². The van der Waals surface area contributed by atoms with Gasteiger partial charge >= 0.3 is 0 Å². The lowest BCUT2D eigenvalue weighted by molar-refractivity contribution is -0.384. The Balaban J connectivity index is 2.04. The smallest absolute Gasteiger partial charge is 0.296 e. The van der Waals surface area contributed by atoms with E-state index in [2.05, 4.69) is 5.32 Å². The average molecular weight is 268 g/mol. The molecule has 0 fully saturated rings. The maximum absolute atomic E-state index is 11.4. The highest BCUT2D eigenvalue weighted by Crippen LogP contribution is 2.37. The highest BCUT2D eigenvalue weighted by atomic mass is 16.6. The third kappa shape index (κ3) is 2.37. The number of para-hydroxylation sites is 1.